The van der Waals surface area contributed by atoms with Gasteiger partial charge in [0.05, 0.1) is 10.9 Å². The van der Waals surface area contributed by atoms with E-state index in [9.17, 15) is 9.59 Å². The van der Waals surface area contributed by atoms with E-state index >= 15 is 0 Å². The molecule has 148 valence electrons. The molecule has 1 aliphatic heterocycles. The third-order valence-corrected chi connectivity index (χ3v) is 6.00. The minimum atomic E-state index is -0.217. The van der Waals surface area contributed by atoms with E-state index in [1.54, 1.807) is 24.3 Å². The smallest absolute Gasteiger partial charge is 0.264 e. The molecule has 2 amide bonds. The van der Waals surface area contributed by atoms with Crippen molar-refractivity contribution in [2.24, 2.45) is 4.99 Å². The molecule has 2 N–H and O–H groups in total. The highest BCUT2D eigenvalue weighted by Gasteiger charge is 2.25. The molecule has 1 saturated heterocycles. The molecule has 5 nitrogen and oxygen atoms in total. The molecule has 1 aliphatic carbocycles. The van der Waals surface area contributed by atoms with Gasteiger partial charge in [0, 0.05) is 16.3 Å². The maximum atomic E-state index is 12.4. The van der Waals surface area contributed by atoms with Gasteiger partial charge in [0.2, 0.25) is 0 Å². The van der Waals surface area contributed by atoms with Crippen LogP contribution in [-0.4, -0.2) is 23.0 Å². The van der Waals surface area contributed by atoms with Crippen LogP contribution in [0.5, 0.6) is 0 Å². The third-order valence-electron chi connectivity index (χ3n) is 4.82. The molecule has 1 heterocycles. The number of nitrogens with zero attached hydrogens (tertiary/aromatic N) is 1. The zero-order valence-corrected chi connectivity index (χ0v) is 17.2. The Morgan fingerprint density at radius 1 is 1.17 bits per heavy atom. The first kappa shape index (κ1) is 19.7. The number of aliphatic imine (C=N–C) groups is 1. The Labute approximate surface area is 178 Å². The van der Waals surface area contributed by atoms with Crippen LogP contribution in [0.25, 0.3) is 6.08 Å². The molecule has 4 rings (SSSR count). The molecule has 2 aliphatic rings. The van der Waals surface area contributed by atoms with Crippen LogP contribution >= 0.6 is 23.4 Å². The highest BCUT2D eigenvalue weighted by molar-refractivity contribution is 8.18. The van der Waals surface area contributed by atoms with Gasteiger partial charge in [-0.15, -0.1) is 0 Å². The Morgan fingerprint density at radius 2 is 1.93 bits per heavy atom. The number of benzene rings is 2. The van der Waals surface area contributed by atoms with E-state index in [2.05, 4.69) is 15.6 Å². The molecule has 2 aromatic rings. The first-order valence-electron chi connectivity index (χ1n) is 9.52. The number of rotatable bonds is 4. The quantitative estimate of drug-likeness (QED) is 0.670. The van der Waals surface area contributed by atoms with Crippen LogP contribution in [0.1, 0.15) is 41.6 Å². The summed E-state index contributed by atoms with van der Waals surface area (Å²) in [4.78, 5) is 29.9. The van der Waals surface area contributed by atoms with Gasteiger partial charge >= 0.3 is 0 Å². The second-order valence-corrected chi connectivity index (χ2v) is 8.49. The summed E-state index contributed by atoms with van der Waals surface area (Å²) < 4.78 is 0. The van der Waals surface area contributed by atoms with E-state index < -0.39 is 0 Å². The highest BCUT2D eigenvalue weighted by atomic mass is 35.5. The molecule has 0 radical (unpaired) electrons. The summed E-state index contributed by atoms with van der Waals surface area (Å²) in [6.07, 6.45) is 6.41. The van der Waals surface area contributed by atoms with Crippen molar-refractivity contribution in [3.05, 3.63) is 69.6 Å². The van der Waals surface area contributed by atoms with Crippen molar-refractivity contribution in [2.45, 2.75) is 31.7 Å². The van der Waals surface area contributed by atoms with Crippen LogP contribution in [0.4, 0.5) is 5.69 Å². The summed E-state index contributed by atoms with van der Waals surface area (Å²) in [5, 5.41) is 6.98. The Kier molecular flexibility index (Phi) is 6.02. The molecule has 2 aromatic carbocycles. The van der Waals surface area contributed by atoms with Gasteiger partial charge in [-0.3, -0.25) is 14.6 Å². The van der Waals surface area contributed by atoms with Gasteiger partial charge in [-0.1, -0.05) is 36.6 Å². The number of carbonyl (C=O) groups excluding carboxylic acids is 2. The molecule has 0 unspecified atom stereocenters. The molecular weight excluding hydrogens is 406 g/mol. The lowest BCUT2D eigenvalue weighted by Gasteiger charge is -2.06. The fraction of sp³-hybridized carbons (Fsp3) is 0.227. The monoisotopic (exact) mass is 425 g/mol. The zero-order valence-electron chi connectivity index (χ0n) is 15.7. The number of halogens is 1. The van der Waals surface area contributed by atoms with Gasteiger partial charge in [0.1, 0.15) is 0 Å². The van der Waals surface area contributed by atoms with Crippen LogP contribution < -0.4 is 10.6 Å². The predicted octanol–water partition coefficient (Wildman–Crippen LogP) is 5.09. The van der Waals surface area contributed by atoms with Crippen molar-refractivity contribution >= 4 is 52.1 Å². The number of amides is 2. The fourth-order valence-electron chi connectivity index (χ4n) is 3.35. The molecule has 0 aromatic heterocycles. The Balaban J connectivity index is 1.46. The third kappa shape index (κ3) is 5.08. The van der Waals surface area contributed by atoms with Gasteiger partial charge in [-0.25, -0.2) is 0 Å². The van der Waals surface area contributed by atoms with Gasteiger partial charge in [0.15, 0.2) is 5.17 Å². The zero-order chi connectivity index (χ0) is 20.2. The predicted molar refractivity (Wildman–Crippen MR) is 119 cm³/mol. The first-order chi connectivity index (χ1) is 14.1. The lowest BCUT2D eigenvalue weighted by atomic mass is 10.1. The van der Waals surface area contributed by atoms with E-state index in [4.69, 9.17) is 11.6 Å². The Bertz CT molecular complexity index is 995. The number of thioether (sulfide) groups is 1. The minimum absolute atomic E-state index is 0.137. The van der Waals surface area contributed by atoms with Crippen LogP contribution in [0.15, 0.2) is 58.4 Å². The largest absolute Gasteiger partial charge is 0.322 e. The topological polar surface area (TPSA) is 70.6 Å². The van der Waals surface area contributed by atoms with Gasteiger partial charge in [-0.05, 0) is 72.6 Å². The summed E-state index contributed by atoms with van der Waals surface area (Å²) >= 11 is 7.24. The summed E-state index contributed by atoms with van der Waals surface area (Å²) in [5.41, 5.74) is 2.01. The van der Waals surface area contributed by atoms with Gasteiger partial charge < -0.3 is 10.6 Å². The van der Waals surface area contributed by atoms with Crippen molar-refractivity contribution in [3.63, 3.8) is 0 Å². The highest BCUT2D eigenvalue weighted by Crippen LogP contribution is 2.29. The maximum absolute atomic E-state index is 12.4. The summed E-state index contributed by atoms with van der Waals surface area (Å²) in [5.74, 6) is -0.354. The van der Waals surface area contributed by atoms with E-state index in [0.717, 1.165) is 18.4 Å². The summed E-state index contributed by atoms with van der Waals surface area (Å²) in [6.45, 7) is 0. The maximum Gasteiger partial charge on any atom is 0.264 e. The van der Waals surface area contributed by atoms with E-state index in [-0.39, 0.29) is 11.8 Å². The number of anilines is 1. The minimum Gasteiger partial charge on any atom is -0.322 e. The molecule has 7 heteroatoms. The van der Waals surface area contributed by atoms with Crippen molar-refractivity contribution in [3.8, 4) is 0 Å². The average molecular weight is 426 g/mol. The Hall–Kier alpha value is -2.57. The van der Waals surface area contributed by atoms with Crippen molar-refractivity contribution < 1.29 is 9.59 Å². The first-order valence-corrected chi connectivity index (χ1v) is 10.7. The van der Waals surface area contributed by atoms with Crippen molar-refractivity contribution in [1.82, 2.24) is 5.32 Å². The number of nitrogens with one attached hydrogen (secondary N) is 2. The van der Waals surface area contributed by atoms with E-state index in [1.807, 2.05) is 30.3 Å². The molecular formula is C22H20ClN3O2S. The average Bonchev–Trinajstić information content (AvgIpc) is 3.33. The lowest BCUT2D eigenvalue weighted by molar-refractivity contribution is -0.115. The number of hydrogen-bond acceptors (Lipinski definition) is 4. The van der Waals surface area contributed by atoms with Crippen LogP contribution in [0.2, 0.25) is 5.02 Å². The van der Waals surface area contributed by atoms with Crippen molar-refractivity contribution in [1.29, 1.82) is 0 Å². The number of hydrogen-bond donors (Lipinski definition) is 2. The van der Waals surface area contributed by atoms with Gasteiger partial charge in [-0.2, -0.15) is 0 Å². The fourth-order valence-corrected chi connectivity index (χ4v) is 4.37. The molecule has 29 heavy (non-hydrogen) atoms. The Morgan fingerprint density at radius 3 is 2.69 bits per heavy atom. The molecule has 0 spiro atoms. The summed E-state index contributed by atoms with van der Waals surface area (Å²) in [6, 6.07) is 14.4. The summed E-state index contributed by atoms with van der Waals surface area (Å²) in [7, 11) is 0. The standard InChI is InChI=1S/C22H20ClN3O2S/c23-16-10-8-15(9-11-16)20(27)24-18-7-3-4-14(12-18)13-19-21(28)26-22(29-19)25-17-5-1-2-6-17/h3-4,7-13,17H,1-2,5-6H2,(H,24,27)(H,25,26,28). The SMILES string of the molecule is O=C1NC(=NC2CCCC2)SC1=Cc1cccc(NC(=O)c2ccc(Cl)cc2)c1. The molecule has 0 atom stereocenters. The van der Waals surface area contributed by atoms with Crippen molar-refractivity contribution in [2.75, 3.05) is 5.32 Å². The van der Waals surface area contributed by atoms with E-state index in [1.165, 1.54) is 24.6 Å². The second-order valence-electron chi connectivity index (χ2n) is 7.02. The number of amidine groups is 1. The molecule has 2 fully saturated rings. The van der Waals surface area contributed by atoms with Gasteiger partial charge in [0.25, 0.3) is 11.8 Å². The molecule has 0 bridgehead atoms. The normalized spacial score (nSPS) is 19.7. The van der Waals surface area contributed by atoms with Crippen LogP contribution in [-0.2, 0) is 4.79 Å². The van der Waals surface area contributed by atoms with Crippen LogP contribution in [0.3, 0.4) is 0 Å². The second kappa shape index (κ2) is 8.84. The lowest BCUT2D eigenvalue weighted by Crippen LogP contribution is -2.21. The van der Waals surface area contributed by atoms with Crippen LogP contribution in [0, 0.1) is 0 Å². The number of carbonyl (C=O) groups is 2. The molecule has 1 saturated carbocycles. The van der Waals surface area contributed by atoms with E-state index in [0.29, 0.717) is 32.4 Å².